The average molecular weight is 554 g/mol. The van der Waals surface area contributed by atoms with Crippen LogP contribution in [0.3, 0.4) is 0 Å². The molecule has 2 aromatic heterocycles. The first-order valence-electron chi connectivity index (χ1n) is 10.1. The van der Waals surface area contributed by atoms with Crippen molar-refractivity contribution in [3.8, 4) is 5.75 Å². The number of ether oxygens (including phenoxy) is 1. The lowest BCUT2D eigenvalue weighted by atomic mass is 10.0. The number of hydrogen-bond acceptors (Lipinski definition) is 6. The summed E-state index contributed by atoms with van der Waals surface area (Å²) in [5.41, 5.74) is -0.164. The average Bonchev–Trinajstić information content (AvgIpc) is 3.34. The van der Waals surface area contributed by atoms with E-state index in [4.69, 9.17) is 9.15 Å². The van der Waals surface area contributed by atoms with E-state index in [1.54, 1.807) is 20.1 Å². The highest BCUT2D eigenvalue weighted by molar-refractivity contribution is 14.0. The Kier molecular flexibility index (Phi) is 9.08. The van der Waals surface area contributed by atoms with Gasteiger partial charge in [-0.25, -0.2) is 4.99 Å². The molecular weight excluding hydrogens is 523 g/mol. The lowest BCUT2D eigenvalue weighted by molar-refractivity contribution is 0.0377. The molecule has 32 heavy (non-hydrogen) atoms. The third-order valence-electron chi connectivity index (χ3n) is 5.05. The molecular formula is C22H31IN6O3. The van der Waals surface area contributed by atoms with Crippen LogP contribution in [0.1, 0.15) is 35.7 Å². The molecule has 3 rings (SSSR count). The van der Waals surface area contributed by atoms with Crippen LogP contribution in [0.5, 0.6) is 5.75 Å². The number of halogens is 1. The molecule has 174 valence electrons. The van der Waals surface area contributed by atoms with Crippen molar-refractivity contribution >= 4 is 29.9 Å². The number of nitrogens with one attached hydrogen (secondary N) is 2. The van der Waals surface area contributed by atoms with Crippen LogP contribution < -0.4 is 15.4 Å². The smallest absolute Gasteiger partial charge is 0.192 e. The Balaban J connectivity index is 0.00000363. The lowest BCUT2D eigenvalue weighted by Gasteiger charge is -2.23. The standard InChI is InChI=1S/C22H30N6O3.HI/c1-15-6-11-19(31-15)22(3,29)14-25-21(24-13-20-27-26-16(2)28(20)4)23-12-17-7-9-18(30-5)10-8-17;/h6-11,29H,12-14H2,1-5H3,(H2,23,24,25);1H. The Hall–Kier alpha value is -2.60. The second kappa shape index (κ2) is 11.3. The van der Waals surface area contributed by atoms with Crippen LogP contribution >= 0.6 is 24.0 Å². The zero-order valence-electron chi connectivity index (χ0n) is 19.0. The van der Waals surface area contributed by atoms with Gasteiger partial charge in [-0.1, -0.05) is 12.1 Å². The Bertz CT molecular complexity index is 1030. The van der Waals surface area contributed by atoms with Crippen LogP contribution in [0.15, 0.2) is 45.8 Å². The molecule has 3 N–H and O–H groups in total. The highest BCUT2D eigenvalue weighted by atomic mass is 127. The molecule has 2 heterocycles. The summed E-state index contributed by atoms with van der Waals surface area (Å²) in [6.45, 7) is 6.56. The zero-order chi connectivity index (χ0) is 22.4. The van der Waals surface area contributed by atoms with E-state index in [1.165, 1.54) is 0 Å². The number of methoxy groups -OCH3 is 1. The maximum atomic E-state index is 10.8. The molecule has 0 spiro atoms. The third-order valence-corrected chi connectivity index (χ3v) is 5.05. The molecule has 0 aliphatic heterocycles. The fraction of sp³-hybridized carbons (Fsp3) is 0.409. The van der Waals surface area contributed by atoms with E-state index < -0.39 is 5.60 Å². The molecule has 9 nitrogen and oxygen atoms in total. The second-order valence-electron chi connectivity index (χ2n) is 7.63. The second-order valence-corrected chi connectivity index (χ2v) is 7.63. The van der Waals surface area contributed by atoms with Gasteiger partial charge in [-0.15, -0.1) is 34.2 Å². The third kappa shape index (κ3) is 6.70. The van der Waals surface area contributed by atoms with Crippen molar-refractivity contribution in [3.63, 3.8) is 0 Å². The molecule has 0 bridgehead atoms. The number of aromatic nitrogens is 3. The van der Waals surface area contributed by atoms with Gasteiger partial charge in [-0.2, -0.15) is 0 Å². The van der Waals surface area contributed by atoms with Crippen LogP contribution in [0.4, 0.5) is 0 Å². The van der Waals surface area contributed by atoms with Gasteiger partial charge in [0.15, 0.2) is 11.8 Å². The van der Waals surface area contributed by atoms with Gasteiger partial charge in [0, 0.05) is 7.05 Å². The summed E-state index contributed by atoms with van der Waals surface area (Å²) in [5, 5.41) is 25.6. The van der Waals surface area contributed by atoms with Crippen LogP contribution in [0, 0.1) is 13.8 Å². The normalized spacial score (nSPS) is 13.2. The first kappa shape index (κ1) is 25.7. The molecule has 1 aromatic carbocycles. The van der Waals surface area contributed by atoms with E-state index in [0.29, 0.717) is 24.8 Å². The van der Waals surface area contributed by atoms with Crippen LogP contribution in [0.2, 0.25) is 0 Å². The van der Waals surface area contributed by atoms with Gasteiger partial charge in [0.25, 0.3) is 0 Å². The van der Waals surface area contributed by atoms with Gasteiger partial charge in [0.2, 0.25) is 0 Å². The SMILES string of the molecule is COc1ccc(CN=C(NCc2nnc(C)n2C)NCC(C)(O)c2ccc(C)o2)cc1.I. The molecule has 0 saturated heterocycles. The molecule has 10 heteroatoms. The van der Waals surface area contributed by atoms with E-state index >= 15 is 0 Å². The van der Waals surface area contributed by atoms with Gasteiger partial charge in [-0.3, -0.25) is 0 Å². The van der Waals surface area contributed by atoms with Crippen molar-refractivity contribution in [1.82, 2.24) is 25.4 Å². The van der Waals surface area contributed by atoms with Crippen molar-refractivity contribution in [2.75, 3.05) is 13.7 Å². The number of aryl methyl sites for hydroxylation is 2. The summed E-state index contributed by atoms with van der Waals surface area (Å²) < 4.78 is 12.7. The quantitative estimate of drug-likeness (QED) is 0.223. The number of hydrogen-bond donors (Lipinski definition) is 3. The van der Waals surface area contributed by atoms with Gasteiger partial charge in [0.1, 0.15) is 28.7 Å². The molecule has 0 radical (unpaired) electrons. The number of aliphatic hydroxyl groups is 1. The highest BCUT2D eigenvalue weighted by Gasteiger charge is 2.27. The van der Waals surface area contributed by atoms with Gasteiger partial charge in [0.05, 0.1) is 26.7 Å². The predicted octanol–water partition coefficient (Wildman–Crippen LogP) is 2.79. The molecule has 0 fully saturated rings. The topological polar surface area (TPSA) is 110 Å². The van der Waals surface area contributed by atoms with Crippen molar-refractivity contribution in [2.24, 2.45) is 12.0 Å². The largest absolute Gasteiger partial charge is 0.497 e. The van der Waals surface area contributed by atoms with Crippen molar-refractivity contribution < 1.29 is 14.3 Å². The predicted molar refractivity (Wildman–Crippen MR) is 133 cm³/mol. The maximum Gasteiger partial charge on any atom is 0.192 e. The number of nitrogens with zero attached hydrogens (tertiary/aromatic N) is 4. The molecule has 1 atom stereocenters. The van der Waals surface area contributed by atoms with E-state index in [2.05, 4.69) is 25.8 Å². The molecule has 0 aliphatic rings. The summed E-state index contributed by atoms with van der Waals surface area (Å²) >= 11 is 0. The number of rotatable bonds is 8. The Morgan fingerprint density at radius 2 is 1.88 bits per heavy atom. The number of benzene rings is 1. The summed E-state index contributed by atoms with van der Waals surface area (Å²) in [4.78, 5) is 4.66. The molecule has 3 aromatic rings. The van der Waals surface area contributed by atoms with Crippen molar-refractivity contribution in [3.05, 3.63) is 65.1 Å². The number of aliphatic imine (C=N–C) groups is 1. The Morgan fingerprint density at radius 1 is 1.16 bits per heavy atom. The first-order chi connectivity index (χ1) is 14.8. The molecule has 1 unspecified atom stereocenters. The van der Waals surface area contributed by atoms with Crippen molar-refractivity contribution in [2.45, 2.75) is 39.5 Å². The summed E-state index contributed by atoms with van der Waals surface area (Å²) in [6.07, 6.45) is 0. The summed E-state index contributed by atoms with van der Waals surface area (Å²) in [7, 11) is 3.55. The fourth-order valence-electron chi connectivity index (χ4n) is 2.91. The van der Waals surface area contributed by atoms with E-state index in [-0.39, 0.29) is 30.5 Å². The van der Waals surface area contributed by atoms with Crippen LogP contribution in [-0.2, 0) is 25.7 Å². The Labute approximate surface area is 205 Å². The van der Waals surface area contributed by atoms with Crippen LogP contribution in [-0.4, -0.2) is 39.5 Å². The van der Waals surface area contributed by atoms with Gasteiger partial charge in [-0.05, 0) is 50.6 Å². The zero-order valence-corrected chi connectivity index (χ0v) is 21.4. The van der Waals surface area contributed by atoms with Gasteiger partial charge >= 0.3 is 0 Å². The van der Waals surface area contributed by atoms with Crippen molar-refractivity contribution in [1.29, 1.82) is 0 Å². The molecule has 0 saturated carbocycles. The fourth-order valence-corrected chi connectivity index (χ4v) is 2.91. The summed E-state index contributed by atoms with van der Waals surface area (Å²) in [5.74, 6) is 4.20. The van der Waals surface area contributed by atoms with Gasteiger partial charge < -0.3 is 29.5 Å². The minimum atomic E-state index is -1.20. The Morgan fingerprint density at radius 3 is 2.44 bits per heavy atom. The monoisotopic (exact) mass is 554 g/mol. The van der Waals surface area contributed by atoms with E-state index in [9.17, 15) is 5.11 Å². The highest BCUT2D eigenvalue weighted by Crippen LogP contribution is 2.22. The maximum absolute atomic E-state index is 10.8. The van der Waals surface area contributed by atoms with E-state index in [1.807, 2.05) is 55.8 Å². The molecule has 0 amide bonds. The van der Waals surface area contributed by atoms with Crippen LogP contribution in [0.25, 0.3) is 0 Å². The molecule has 0 aliphatic carbocycles. The minimum absolute atomic E-state index is 0. The number of guanidine groups is 1. The lowest BCUT2D eigenvalue weighted by Crippen LogP contribution is -2.44. The van der Waals surface area contributed by atoms with E-state index in [0.717, 1.165) is 28.7 Å². The minimum Gasteiger partial charge on any atom is -0.497 e. The number of furan rings is 1. The summed E-state index contributed by atoms with van der Waals surface area (Å²) in [6, 6.07) is 11.3. The first-order valence-corrected chi connectivity index (χ1v) is 10.1.